The normalized spacial score (nSPS) is 25.4. The summed E-state index contributed by atoms with van der Waals surface area (Å²) >= 11 is 1.32. The molecule has 29 heavy (non-hydrogen) atoms. The zero-order chi connectivity index (χ0) is 21.0. The van der Waals surface area contributed by atoms with Crippen molar-refractivity contribution in [1.82, 2.24) is 10.0 Å². The van der Waals surface area contributed by atoms with Crippen LogP contribution in [0.25, 0.3) is 0 Å². The van der Waals surface area contributed by atoms with Crippen LogP contribution in [0.15, 0.2) is 11.0 Å². The van der Waals surface area contributed by atoms with Crippen molar-refractivity contribution in [3.8, 4) is 5.75 Å². The second-order valence-electron chi connectivity index (χ2n) is 7.66. The lowest BCUT2D eigenvalue weighted by Crippen LogP contribution is -2.40. The lowest BCUT2D eigenvalue weighted by molar-refractivity contribution is -0.117. The minimum Gasteiger partial charge on any atom is -0.506 e. The molecule has 12 heteroatoms. The lowest BCUT2D eigenvalue weighted by atomic mass is 9.79. The number of phenolic OH excluding ortho intramolecular Hbond substituents is 1. The average Bonchev–Trinajstić information content (AvgIpc) is 2.86. The Labute approximate surface area is 170 Å². The first-order valence-electron chi connectivity index (χ1n) is 9.17. The summed E-state index contributed by atoms with van der Waals surface area (Å²) in [5, 5.41) is 13.4. The Morgan fingerprint density at radius 1 is 1.38 bits per heavy atom. The Morgan fingerprint density at radius 3 is 2.72 bits per heavy atom. The summed E-state index contributed by atoms with van der Waals surface area (Å²) in [6.07, 6.45) is 0.695. The third kappa shape index (κ3) is 4.02. The van der Waals surface area contributed by atoms with Crippen molar-refractivity contribution in [3.05, 3.63) is 17.4 Å². The summed E-state index contributed by atoms with van der Waals surface area (Å²) in [7, 11) is -4.25. The van der Waals surface area contributed by atoms with E-state index >= 15 is 4.39 Å². The molecule has 1 saturated carbocycles. The van der Waals surface area contributed by atoms with Crippen molar-refractivity contribution in [3.63, 3.8) is 0 Å². The monoisotopic (exact) mass is 451 g/mol. The van der Waals surface area contributed by atoms with E-state index in [0.717, 1.165) is 0 Å². The zero-order valence-electron chi connectivity index (χ0n) is 15.3. The summed E-state index contributed by atoms with van der Waals surface area (Å²) in [4.78, 5) is 12.0. The zero-order valence-corrected chi connectivity index (χ0v) is 16.9. The maximum atomic E-state index is 15.2. The number of hydrogen-bond acceptors (Lipinski definition) is 6. The number of carbonyl (C=O) groups excluding carboxylic acids is 1. The topological polar surface area (TPSA) is 98.7 Å². The number of hydrogen-bond donors (Lipinski definition) is 3. The van der Waals surface area contributed by atoms with Crippen LogP contribution in [0, 0.1) is 11.7 Å². The molecule has 4 rings (SSSR count). The Kier molecular flexibility index (Phi) is 5.14. The van der Waals surface area contributed by atoms with Gasteiger partial charge in [0.25, 0.3) is 5.91 Å². The fourth-order valence-corrected chi connectivity index (χ4v) is 6.27. The molecular formula is C17H20F3N3O4S2. The summed E-state index contributed by atoms with van der Waals surface area (Å²) < 4.78 is 67.3. The van der Waals surface area contributed by atoms with Gasteiger partial charge in [-0.1, -0.05) is 0 Å². The Balaban J connectivity index is 1.47. The van der Waals surface area contributed by atoms with E-state index in [9.17, 15) is 27.1 Å². The maximum Gasteiger partial charge on any atom is 0.326 e. The fraction of sp³-hybridized carbons (Fsp3) is 0.588. The standard InChI is InChI=1S/C17H20F3N3O4S2/c18-15-11-3-10(21-2-1-9-5-17(19,20)6-9)8-28-13(11)4-12(24)16(15)23-7-14(25)22-29(23,26)27/h4,9-10,21,24H,1-3,5-8H2,(H,22,25)/t10-/m0/s1. The van der Waals surface area contributed by atoms with Gasteiger partial charge in [0.05, 0.1) is 0 Å². The van der Waals surface area contributed by atoms with Gasteiger partial charge in [0, 0.05) is 35.1 Å². The van der Waals surface area contributed by atoms with Crippen LogP contribution < -0.4 is 14.3 Å². The Bertz CT molecular complexity index is 950. The number of fused-ring (bicyclic) bond motifs is 1. The first-order chi connectivity index (χ1) is 13.6. The van der Waals surface area contributed by atoms with Gasteiger partial charge in [-0.05, 0) is 31.4 Å². The number of aromatic hydroxyl groups is 1. The van der Waals surface area contributed by atoms with Crippen LogP contribution in [0.4, 0.5) is 18.9 Å². The number of rotatable bonds is 5. The van der Waals surface area contributed by atoms with Crippen LogP contribution in [0.1, 0.15) is 24.8 Å². The highest BCUT2D eigenvalue weighted by Crippen LogP contribution is 2.44. The minimum atomic E-state index is -4.25. The molecule has 160 valence electrons. The van der Waals surface area contributed by atoms with Crippen LogP contribution in [0.3, 0.4) is 0 Å². The smallest absolute Gasteiger partial charge is 0.326 e. The van der Waals surface area contributed by atoms with Crippen LogP contribution >= 0.6 is 11.8 Å². The first-order valence-corrected chi connectivity index (χ1v) is 11.6. The van der Waals surface area contributed by atoms with Crippen LogP contribution in [0.2, 0.25) is 0 Å². The molecule has 1 aromatic rings. The van der Waals surface area contributed by atoms with Crippen LogP contribution in [0.5, 0.6) is 5.75 Å². The second-order valence-corrected chi connectivity index (χ2v) is 10.3. The van der Waals surface area contributed by atoms with Crippen LogP contribution in [-0.2, 0) is 21.4 Å². The number of benzene rings is 1. The summed E-state index contributed by atoms with van der Waals surface area (Å²) in [6.45, 7) is -0.0702. The van der Waals surface area contributed by atoms with E-state index in [2.05, 4.69) is 5.32 Å². The minimum absolute atomic E-state index is 0.00766. The highest BCUT2D eigenvalue weighted by atomic mass is 32.2. The fourth-order valence-electron chi connectivity index (χ4n) is 3.95. The van der Waals surface area contributed by atoms with E-state index in [0.29, 0.717) is 27.9 Å². The van der Waals surface area contributed by atoms with Gasteiger partial charge >= 0.3 is 10.2 Å². The van der Waals surface area contributed by atoms with Gasteiger partial charge in [-0.15, -0.1) is 11.8 Å². The van der Waals surface area contributed by atoms with Crippen LogP contribution in [-0.4, -0.2) is 50.2 Å². The number of halogens is 3. The van der Waals surface area contributed by atoms with Gasteiger partial charge in [0.2, 0.25) is 5.92 Å². The molecule has 1 aliphatic carbocycles. The number of alkyl halides is 2. The van der Waals surface area contributed by atoms with Crippen molar-refractivity contribution in [2.24, 2.45) is 5.92 Å². The molecule has 0 radical (unpaired) electrons. The van der Waals surface area contributed by atoms with Gasteiger partial charge in [0.1, 0.15) is 18.0 Å². The number of carbonyl (C=O) groups is 1. The Morgan fingerprint density at radius 2 is 2.10 bits per heavy atom. The highest BCUT2D eigenvalue weighted by molar-refractivity contribution is 7.99. The molecular weight excluding hydrogens is 431 g/mol. The molecule has 7 nitrogen and oxygen atoms in total. The summed E-state index contributed by atoms with van der Waals surface area (Å²) in [5.41, 5.74) is -0.281. The molecule has 1 atom stereocenters. The van der Waals surface area contributed by atoms with Crippen molar-refractivity contribution in [2.45, 2.75) is 42.5 Å². The van der Waals surface area contributed by atoms with E-state index in [1.807, 2.05) is 0 Å². The maximum absolute atomic E-state index is 15.2. The molecule has 0 spiro atoms. The highest BCUT2D eigenvalue weighted by Gasteiger charge is 2.44. The predicted octanol–water partition coefficient (Wildman–Crippen LogP) is 1.75. The molecule has 3 N–H and O–H groups in total. The quantitative estimate of drug-likeness (QED) is 0.631. The molecule has 0 bridgehead atoms. The number of nitrogens with one attached hydrogen (secondary N) is 2. The number of phenols is 1. The first kappa shape index (κ1) is 20.6. The SMILES string of the molecule is O=C1CN(c2c(O)cc3c(c2F)C[C@H](NCCC2CC(F)(F)C2)CS3)S(=O)(=O)N1. The molecule has 1 aromatic carbocycles. The van der Waals surface area contributed by atoms with Crippen molar-refractivity contribution in [2.75, 3.05) is 23.1 Å². The van der Waals surface area contributed by atoms with Gasteiger partial charge in [0.15, 0.2) is 5.82 Å². The van der Waals surface area contributed by atoms with Crippen molar-refractivity contribution < 1.29 is 31.5 Å². The summed E-state index contributed by atoms with van der Waals surface area (Å²) in [5.74, 6) is -4.18. The van der Waals surface area contributed by atoms with Crippen molar-refractivity contribution in [1.29, 1.82) is 0 Å². The number of anilines is 1. The molecule has 1 amide bonds. The average molecular weight is 451 g/mol. The molecule has 2 fully saturated rings. The molecule has 3 aliphatic rings. The molecule has 1 saturated heterocycles. The summed E-state index contributed by atoms with van der Waals surface area (Å²) in [6, 6.07) is 1.19. The van der Waals surface area contributed by atoms with Gasteiger partial charge in [-0.3, -0.25) is 4.79 Å². The van der Waals surface area contributed by atoms with Crippen molar-refractivity contribution >= 4 is 33.6 Å². The number of thioether (sulfide) groups is 1. The second kappa shape index (κ2) is 7.24. The third-order valence-electron chi connectivity index (χ3n) is 5.40. The van der Waals surface area contributed by atoms with E-state index in [4.69, 9.17) is 0 Å². The molecule has 0 aromatic heterocycles. The Hall–Kier alpha value is -1.66. The van der Waals surface area contributed by atoms with E-state index in [-0.39, 0.29) is 36.8 Å². The van der Waals surface area contributed by atoms with Gasteiger partial charge < -0.3 is 10.4 Å². The number of amides is 1. The molecule has 0 unspecified atom stereocenters. The van der Waals surface area contributed by atoms with E-state index < -0.39 is 45.8 Å². The molecule has 2 heterocycles. The van der Waals surface area contributed by atoms with Gasteiger partial charge in [-0.2, -0.15) is 8.42 Å². The molecule has 2 aliphatic heterocycles. The van der Waals surface area contributed by atoms with E-state index in [1.165, 1.54) is 17.8 Å². The number of nitrogens with zero attached hydrogens (tertiary/aromatic N) is 1. The van der Waals surface area contributed by atoms with Gasteiger partial charge in [-0.25, -0.2) is 22.2 Å². The van der Waals surface area contributed by atoms with E-state index in [1.54, 1.807) is 4.72 Å². The third-order valence-corrected chi connectivity index (χ3v) is 8.02. The predicted molar refractivity (Wildman–Crippen MR) is 101 cm³/mol. The lowest BCUT2D eigenvalue weighted by Gasteiger charge is -2.35. The largest absolute Gasteiger partial charge is 0.506 e.